The molecule has 1 aromatic carbocycles. The van der Waals surface area contributed by atoms with E-state index in [2.05, 4.69) is 10.4 Å². The highest BCUT2D eigenvalue weighted by molar-refractivity contribution is 5.75. The first-order chi connectivity index (χ1) is 8.74. The lowest BCUT2D eigenvalue weighted by molar-refractivity contribution is -0.121. The number of rotatable bonds is 5. The molecule has 0 spiro atoms. The van der Waals surface area contributed by atoms with Crippen LogP contribution in [0.25, 0.3) is 0 Å². The molecule has 0 bridgehead atoms. The van der Waals surface area contributed by atoms with E-state index in [1.54, 1.807) is 6.20 Å². The van der Waals surface area contributed by atoms with Crippen molar-refractivity contribution in [2.24, 2.45) is 0 Å². The third kappa shape index (κ3) is 3.62. The minimum atomic E-state index is -0.0611. The van der Waals surface area contributed by atoms with Crippen LogP contribution in [0.15, 0.2) is 42.7 Å². The molecule has 2 aromatic rings. The van der Waals surface area contributed by atoms with Gasteiger partial charge in [-0.2, -0.15) is 5.10 Å². The standard InChI is InChI=1S/C13H16N4O/c14-12-8-16-17(9-12)10-13(18)15-7-6-11-4-2-1-3-5-11/h1-5,8-9H,6-7,10,14H2,(H,15,18). The van der Waals surface area contributed by atoms with Crippen molar-refractivity contribution < 1.29 is 4.79 Å². The van der Waals surface area contributed by atoms with Crippen LogP contribution in [0, 0.1) is 0 Å². The summed E-state index contributed by atoms with van der Waals surface area (Å²) in [5.41, 5.74) is 7.29. The molecule has 18 heavy (non-hydrogen) atoms. The van der Waals surface area contributed by atoms with E-state index >= 15 is 0 Å². The third-order valence-corrected chi connectivity index (χ3v) is 2.54. The van der Waals surface area contributed by atoms with E-state index in [0.29, 0.717) is 12.2 Å². The molecule has 0 unspecified atom stereocenters. The summed E-state index contributed by atoms with van der Waals surface area (Å²) in [5.74, 6) is -0.0611. The van der Waals surface area contributed by atoms with Gasteiger partial charge in [-0.1, -0.05) is 30.3 Å². The predicted octanol–water partition coefficient (Wildman–Crippen LogP) is 0.824. The van der Waals surface area contributed by atoms with Crippen molar-refractivity contribution in [3.63, 3.8) is 0 Å². The van der Waals surface area contributed by atoms with Gasteiger partial charge in [-0.3, -0.25) is 9.48 Å². The van der Waals surface area contributed by atoms with Gasteiger partial charge in [-0.25, -0.2) is 0 Å². The lowest BCUT2D eigenvalue weighted by atomic mass is 10.1. The fourth-order valence-electron chi connectivity index (χ4n) is 1.66. The zero-order valence-corrected chi connectivity index (χ0v) is 10.0. The number of carbonyl (C=O) groups is 1. The van der Waals surface area contributed by atoms with E-state index in [1.165, 1.54) is 16.4 Å². The molecule has 0 radical (unpaired) electrons. The van der Waals surface area contributed by atoms with Crippen molar-refractivity contribution in [1.82, 2.24) is 15.1 Å². The summed E-state index contributed by atoms with van der Waals surface area (Å²) in [6.45, 7) is 0.825. The number of nitrogens with two attached hydrogens (primary N) is 1. The summed E-state index contributed by atoms with van der Waals surface area (Å²) in [7, 11) is 0. The second kappa shape index (κ2) is 5.86. The van der Waals surface area contributed by atoms with Crippen molar-refractivity contribution in [3.05, 3.63) is 48.3 Å². The number of hydrogen-bond donors (Lipinski definition) is 2. The van der Waals surface area contributed by atoms with E-state index in [-0.39, 0.29) is 12.5 Å². The number of nitrogen functional groups attached to an aromatic ring is 1. The first-order valence-corrected chi connectivity index (χ1v) is 5.82. The van der Waals surface area contributed by atoms with Crippen LogP contribution < -0.4 is 11.1 Å². The Morgan fingerprint density at radius 2 is 2.11 bits per heavy atom. The zero-order chi connectivity index (χ0) is 12.8. The van der Waals surface area contributed by atoms with Crippen LogP contribution in [-0.2, 0) is 17.8 Å². The Labute approximate surface area is 106 Å². The molecule has 1 amide bonds. The maximum atomic E-state index is 11.6. The summed E-state index contributed by atoms with van der Waals surface area (Å²) in [6.07, 6.45) is 3.99. The maximum absolute atomic E-state index is 11.6. The summed E-state index contributed by atoms with van der Waals surface area (Å²) in [5, 5.41) is 6.80. The lowest BCUT2D eigenvalue weighted by Gasteiger charge is -2.05. The quantitative estimate of drug-likeness (QED) is 0.818. The lowest BCUT2D eigenvalue weighted by Crippen LogP contribution is -2.29. The molecule has 2 rings (SSSR count). The first kappa shape index (κ1) is 12.2. The van der Waals surface area contributed by atoms with Gasteiger partial charge >= 0.3 is 0 Å². The average molecular weight is 244 g/mol. The topological polar surface area (TPSA) is 72.9 Å². The molecule has 5 heteroatoms. The molecule has 1 aromatic heterocycles. The Kier molecular flexibility index (Phi) is 3.96. The van der Waals surface area contributed by atoms with E-state index in [0.717, 1.165) is 6.42 Å². The molecule has 94 valence electrons. The number of amides is 1. The van der Waals surface area contributed by atoms with Crippen LogP contribution >= 0.6 is 0 Å². The molecule has 3 N–H and O–H groups in total. The van der Waals surface area contributed by atoms with Gasteiger partial charge in [0.1, 0.15) is 6.54 Å². The number of carbonyl (C=O) groups excluding carboxylic acids is 1. The Balaban J connectivity index is 1.72. The van der Waals surface area contributed by atoms with Gasteiger partial charge in [0, 0.05) is 12.7 Å². The van der Waals surface area contributed by atoms with E-state index in [1.807, 2.05) is 30.3 Å². The van der Waals surface area contributed by atoms with Gasteiger partial charge in [-0.05, 0) is 12.0 Å². The van der Waals surface area contributed by atoms with Crippen LogP contribution in [0.1, 0.15) is 5.56 Å². The van der Waals surface area contributed by atoms with Gasteiger partial charge in [0.05, 0.1) is 11.9 Å². The SMILES string of the molecule is Nc1cnn(CC(=O)NCCc2ccccc2)c1. The molecule has 0 aliphatic carbocycles. The van der Waals surface area contributed by atoms with Crippen LogP contribution in [0.4, 0.5) is 5.69 Å². The number of aromatic nitrogens is 2. The van der Waals surface area contributed by atoms with Crippen LogP contribution in [0.5, 0.6) is 0 Å². The Morgan fingerprint density at radius 1 is 1.33 bits per heavy atom. The summed E-state index contributed by atoms with van der Waals surface area (Å²) in [4.78, 5) is 11.6. The zero-order valence-electron chi connectivity index (χ0n) is 10.0. The van der Waals surface area contributed by atoms with Crippen molar-refractivity contribution >= 4 is 11.6 Å². The Hall–Kier alpha value is -2.30. The fourth-order valence-corrected chi connectivity index (χ4v) is 1.66. The van der Waals surface area contributed by atoms with E-state index in [4.69, 9.17) is 5.73 Å². The predicted molar refractivity (Wildman–Crippen MR) is 69.8 cm³/mol. The molecule has 0 saturated heterocycles. The normalized spacial score (nSPS) is 10.2. The van der Waals surface area contributed by atoms with Crippen LogP contribution in [0.2, 0.25) is 0 Å². The second-order valence-electron chi connectivity index (χ2n) is 4.06. The molecule has 0 aliphatic rings. The smallest absolute Gasteiger partial charge is 0.241 e. The summed E-state index contributed by atoms with van der Waals surface area (Å²) >= 11 is 0. The first-order valence-electron chi connectivity index (χ1n) is 5.82. The molecule has 1 heterocycles. The average Bonchev–Trinajstić information content (AvgIpc) is 2.76. The maximum Gasteiger partial charge on any atom is 0.241 e. The summed E-state index contributed by atoms with van der Waals surface area (Å²) in [6, 6.07) is 10.0. The van der Waals surface area contributed by atoms with Crippen molar-refractivity contribution in [3.8, 4) is 0 Å². The molecule has 0 fully saturated rings. The molecular formula is C13H16N4O. The molecular weight excluding hydrogens is 228 g/mol. The number of anilines is 1. The highest BCUT2D eigenvalue weighted by atomic mass is 16.2. The minimum absolute atomic E-state index is 0.0611. The van der Waals surface area contributed by atoms with Crippen LogP contribution in [0.3, 0.4) is 0 Å². The third-order valence-electron chi connectivity index (χ3n) is 2.54. The highest BCUT2D eigenvalue weighted by Crippen LogP contribution is 1.99. The Bertz CT molecular complexity index is 507. The molecule has 0 atom stereocenters. The number of nitrogens with one attached hydrogen (secondary N) is 1. The van der Waals surface area contributed by atoms with E-state index < -0.39 is 0 Å². The van der Waals surface area contributed by atoms with Gasteiger partial charge in [0.2, 0.25) is 5.91 Å². The second-order valence-corrected chi connectivity index (χ2v) is 4.06. The van der Waals surface area contributed by atoms with Crippen molar-refractivity contribution in [2.75, 3.05) is 12.3 Å². The van der Waals surface area contributed by atoms with Crippen molar-refractivity contribution in [2.45, 2.75) is 13.0 Å². The van der Waals surface area contributed by atoms with Crippen molar-refractivity contribution in [1.29, 1.82) is 0 Å². The molecule has 5 nitrogen and oxygen atoms in total. The highest BCUT2D eigenvalue weighted by Gasteiger charge is 2.03. The molecule has 0 saturated carbocycles. The minimum Gasteiger partial charge on any atom is -0.396 e. The monoisotopic (exact) mass is 244 g/mol. The van der Waals surface area contributed by atoms with E-state index in [9.17, 15) is 4.79 Å². The number of hydrogen-bond acceptors (Lipinski definition) is 3. The van der Waals surface area contributed by atoms with Gasteiger partial charge < -0.3 is 11.1 Å². The molecule has 0 aliphatic heterocycles. The Morgan fingerprint density at radius 3 is 2.78 bits per heavy atom. The largest absolute Gasteiger partial charge is 0.396 e. The van der Waals surface area contributed by atoms with Gasteiger partial charge in [0.25, 0.3) is 0 Å². The van der Waals surface area contributed by atoms with Gasteiger partial charge in [-0.15, -0.1) is 0 Å². The number of benzene rings is 1. The summed E-state index contributed by atoms with van der Waals surface area (Å²) < 4.78 is 1.52. The van der Waals surface area contributed by atoms with Crippen LogP contribution in [-0.4, -0.2) is 22.2 Å². The van der Waals surface area contributed by atoms with Gasteiger partial charge in [0.15, 0.2) is 0 Å². The number of nitrogens with zero attached hydrogens (tertiary/aromatic N) is 2. The fraction of sp³-hybridized carbons (Fsp3) is 0.231.